The average molecular weight is 880 g/mol. The highest BCUT2D eigenvalue weighted by atomic mass is 35.5. The number of nitro groups is 1. The number of urea groups is 1. The van der Waals surface area contributed by atoms with Crippen LogP contribution in [0.4, 0.5) is 27.7 Å². The van der Waals surface area contributed by atoms with Crippen LogP contribution in [-0.4, -0.2) is 78.8 Å². The molecule has 1 unspecified atom stereocenters. The van der Waals surface area contributed by atoms with E-state index >= 15 is 0 Å². The number of unbranched alkanes of at least 4 members (excludes halogenated alkanes) is 1. The lowest BCUT2D eigenvalue weighted by Crippen LogP contribution is -2.46. The predicted molar refractivity (Wildman–Crippen MR) is 244 cm³/mol. The Morgan fingerprint density at radius 1 is 0.902 bits per heavy atom. The zero-order valence-corrected chi connectivity index (χ0v) is 35.6. The van der Waals surface area contributed by atoms with Crippen LogP contribution >= 0.6 is 23.4 Å². The molecule has 6 aromatic rings. The molecule has 1 fully saturated rings. The van der Waals surface area contributed by atoms with Crippen LogP contribution < -0.4 is 26.0 Å². The second-order valence-electron chi connectivity index (χ2n) is 14.6. The van der Waals surface area contributed by atoms with Crippen molar-refractivity contribution in [3.05, 3.63) is 142 Å². The third kappa shape index (κ3) is 11.5. The lowest BCUT2D eigenvalue weighted by Gasteiger charge is -2.36. The molecule has 1 aromatic heterocycles. The molecule has 1 aliphatic rings. The summed E-state index contributed by atoms with van der Waals surface area (Å²) < 4.78 is 30.1. The van der Waals surface area contributed by atoms with E-state index in [4.69, 9.17) is 17.3 Å². The first-order valence-electron chi connectivity index (χ1n) is 19.9. The van der Waals surface area contributed by atoms with Crippen molar-refractivity contribution in [2.24, 2.45) is 5.73 Å². The molecule has 316 valence electrons. The number of fused-ring (bicyclic) bond motifs is 1. The molecule has 0 aliphatic carbocycles. The van der Waals surface area contributed by atoms with E-state index in [0.29, 0.717) is 47.5 Å². The molecule has 7 rings (SSSR count). The molecule has 0 radical (unpaired) electrons. The number of halogens is 1. The maximum Gasteiger partial charge on any atom is 0.312 e. The van der Waals surface area contributed by atoms with Gasteiger partial charge in [0.15, 0.2) is 5.82 Å². The normalized spacial score (nSPS) is 13.8. The Bertz CT molecular complexity index is 2580. The van der Waals surface area contributed by atoms with Gasteiger partial charge < -0.3 is 21.3 Å². The third-order valence-corrected chi connectivity index (χ3v) is 13.2. The zero-order valence-electron chi connectivity index (χ0n) is 33.2. The standard InChI is InChI=1S/C44H46ClN9O5S2/c45-33-14-17-38(31-9-3-1-4-10-31)32(25-33)28-52-21-23-53(24-22-52)35-15-18-39-41(26-35)48-30-49-43(39)51-61(58,59)37-16-19-40(42(27-37)54(56)57)50-34(11-7-8-20-47-44(46)55)29-60-36-12-5-2-6-13-36/h1-6,9-10,12-19,25-27,30,34,50H,7-8,11,20-24,28-29H2,(H3,46,47,55)(H,48,49,51). The van der Waals surface area contributed by atoms with Crippen LogP contribution in [0.25, 0.3) is 22.0 Å². The smallest absolute Gasteiger partial charge is 0.312 e. The summed E-state index contributed by atoms with van der Waals surface area (Å²) in [5.74, 6) is 0.649. The van der Waals surface area contributed by atoms with Gasteiger partial charge in [-0.2, -0.15) is 0 Å². The average Bonchev–Trinajstić information content (AvgIpc) is 3.26. The van der Waals surface area contributed by atoms with Crippen LogP contribution in [0.2, 0.25) is 5.02 Å². The first kappa shape index (κ1) is 43.2. The molecule has 1 saturated heterocycles. The maximum atomic E-state index is 13.8. The molecule has 0 spiro atoms. The number of rotatable bonds is 18. The Hall–Kier alpha value is -5.94. The Morgan fingerprint density at radius 3 is 2.39 bits per heavy atom. The highest BCUT2D eigenvalue weighted by Crippen LogP contribution is 2.33. The Balaban J connectivity index is 1.02. The zero-order chi connectivity index (χ0) is 42.8. The molecule has 0 bridgehead atoms. The number of nitrogens with two attached hydrogens (primary N) is 1. The number of nitrogens with one attached hydrogen (secondary N) is 3. The van der Waals surface area contributed by atoms with E-state index in [1.807, 2.05) is 72.8 Å². The fourth-order valence-electron chi connectivity index (χ4n) is 7.32. The summed E-state index contributed by atoms with van der Waals surface area (Å²) >= 11 is 8.03. The quantitative estimate of drug-likeness (QED) is 0.0281. The van der Waals surface area contributed by atoms with Gasteiger partial charge in [-0.1, -0.05) is 66.2 Å². The second-order valence-corrected chi connectivity index (χ2v) is 17.9. The number of carbonyl (C=O) groups is 1. The van der Waals surface area contributed by atoms with E-state index in [2.05, 4.69) is 53.3 Å². The molecular weight excluding hydrogens is 834 g/mol. The van der Waals surface area contributed by atoms with E-state index in [-0.39, 0.29) is 28.1 Å². The fourth-order valence-corrected chi connectivity index (χ4v) is 9.55. The minimum Gasteiger partial charge on any atom is -0.376 e. The minimum atomic E-state index is -4.31. The number of piperazine rings is 1. The van der Waals surface area contributed by atoms with Gasteiger partial charge in [-0.05, 0) is 90.6 Å². The van der Waals surface area contributed by atoms with Gasteiger partial charge in [0.1, 0.15) is 12.0 Å². The van der Waals surface area contributed by atoms with E-state index in [1.54, 1.807) is 17.8 Å². The summed E-state index contributed by atoms with van der Waals surface area (Å²) in [6, 6.07) is 34.8. The van der Waals surface area contributed by atoms with Crippen LogP contribution in [0, 0.1) is 10.1 Å². The van der Waals surface area contributed by atoms with Gasteiger partial charge in [-0.3, -0.25) is 19.7 Å². The first-order chi connectivity index (χ1) is 29.5. The van der Waals surface area contributed by atoms with Crippen molar-refractivity contribution in [1.82, 2.24) is 20.2 Å². The number of nitrogens with zero attached hydrogens (tertiary/aromatic N) is 5. The van der Waals surface area contributed by atoms with Crippen molar-refractivity contribution in [2.75, 3.05) is 53.4 Å². The van der Waals surface area contributed by atoms with Crippen molar-refractivity contribution >= 4 is 73.2 Å². The molecule has 2 heterocycles. The summed E-state index contributed by atoms with van der Waals surface area (Å²) in [5.41, 5.74) is 9.99. The highest BCUT2D eigenvalue weighted by Gasteiger charge is 2.25. The van der Waals surface area contributed by atoms with Crippen molar-refractivity contribution in [3.8, 4) is 11.1 Å². The lowest BCUT2D eigenvalue weighted by atomic mass is 9.99. The van der Waals surface area contributed by atoms with Gasteiger partial charge in [0.05, 0.1) is 15.3 Å². The number of hydrogen-bond acceptors (Lipinski definition) is 11. The number of aromatic nitrogens is 2. The number of benzene rings is 5. The molecule has 5 aromatic carbocycles. The SMILES string of the molecule is NC(=O)NCCCCC(CSc1ccccc1)Nc1ccc(S(=O)(=O)Nc2ncnc3cc(N4CCN(Cc5cc(Cl)ccc5-c5ccccc5)CC4)ccc23)cc1[N+](=O)[O-]. The van der Waals surface area contributed by atoms with Gasteiger partial charge in [-0.15, -0.1) is 11.8 Å². The van der Waals surface area contributed by atoms with Gasteiger partial charge in [0.2, 0.25) is 0 Å². The minimum absolute atomic E-state index is 0.0609. The number of carbonyl (C=O) groups excluding carboxylic acids is 1. The first-order valence-corrected chi connectivity index (χ1v) is 22.7. The number of sulfonamides is 1. The molecular formula is C44H46ClN9O5S2. The number of nitro benzene ring substituents is 1. The molecule has 5 N–H and O–H groups in total. The molecule has 1 aliphatic heterocycles. The van der Waals surface area contributed by atoms with Crippen LogP contribution in [-0.2, 0) is 16.6 Å². The van der Waals surface area contributed by atoms with Gasteiger partial charge in [0, 0.05) is 78.1 Å². The molecule has 61 heavy (non-hydrogen) atoms. The molecule has 17 heteroatoms. The van der Waals surface area contributed by atoms with E-state index in [0.717, 1.165) is 54.9 Å². The summed E-state index contributed by atoms with van der Waals surface area (Å²) in [5, 5.41) is 19.4. The fraction of sp³-hybridized carbons (Fsp3) is 0.250. The number of amides is 2. The lowest BCUT2D eigenvalue weighted by molar-refractivity contribution is -0.384. The summed E-state index contributed by atoms with van der Waals surface area (Å²) in [6.07, 6.45) is 3.31. The summed E-state index contributed by atoms with van der Waals surface area (Å²) in [4.78, 5) is 37.0. The number of anilines is 3. The van der Waals surface area contributed by atoms with Crippen LogP contribution in [0.1, 0.15) is 24.8 Å². The van der Waals surface area contributed by atoms with Crippen molar-refractivity contribution in [3.63, 3.8) is 0 Å². The molecule has 0 saturated carbocycles. The van der Waals surface area contributed by atoms with Crippen LogP contribution in [0.15, 0.2) is 131 Å². The van der Waals surface area contributed by atoms with Crippen molar-refractivity contribution in [2.45, 2.75) is 41.6 Å². The molecule has 2 amide bonds. The van der Waals surface area contributed by atoms with Crippen LogP contribution in [0.5, 0.6) is 0 Å². The van der Waals surface area contributed by atoms with E-state index in [9.17, 15) is 23.3 Å². The Kier molecular flexibility index (Phi) is 14.2. The Morgan fingerprint density at radius 2 is 1.66 bits per heavy atom. The number of hydrogen-bond donors (Lipinski definition) is 4. The highest BCUT2D eigenvalue weighted by molar-refractivity contribution is 7.99. The molecule has 1 atom stereocenters. The predicted octanol–water partition coefficient (Wildman–Crippen LogP) is 8.39. The monoisotopic (exact) mass is 879 g/mol. The number of primary amides is 1. The third-order valence-electron chi connectivity index (χ3n) is 10.4. The van der Waals surface area contributed by atoms with E-state index < -0.39 is 21.0 Å². The van der Waals surface area contributed by atoms with Crippen LogP contribution in [0.3, 0.4) is 0 Å². The molecule has 14 nitrogen and oxygen atoms in total. The number of thioether (sulfide) groups is 1. The Labute approximate surface area is 364 Å². The van der Waals surface area contributed by atoms with Gasteiger partial charge in [0.25, 0.3) is 15.7 Å². The maximum absolute atomic E-state index is 13.8. The van der Waals surface area contributed by atoms with Crippen molar-refractivity contribution in [1.29, 1.82) is 0 Å². The topological polar surface area (TPSA) is 189 Å². The second kappa shape index (κ2) is 20.1. The summed E-state index contributed by atoms with van der Waals surface area (Å²) in [6.45, 7) is 4.40. The largest absolute Gasteiger partial charge is 0.376 e. The van der Waals surface area contributed by atoms with Gasteiger partial charge in [-0.25, -0.2) is 23.2 Å². The van der Waals surface area contributed by atoms with Crippen molar-refractivity contribution < 1.29 is 18.1 Å². The summed E-state index contributed by atoms with van der Waals surface area (Å²) in [7, 11) is -4.31. The van der Waals surface area contributed by atoms with Gasteiger partial charge >= 0.3 is 6.03 Å². The van der Waals surface area contributed by atoms with E-state index in [1.165, 1.54) is 29.6 Å².